The molecule has 5 heterocycles. The van der Waals surface area contributed by atoms with Gasteiger partial charge in [-0.1, -0.05) is 6.07 Å². The fraction of sp³-hybridized carbons (Fsp3) is 0.300. The van der Waals surface area contributed by atoms with Gasteiger partial charge in [0.15, 0.2) is 5.82 Å². The number of hydrogen-bond acceptors (Lipinski definition) is 7. The summed E-state index contributed by atoms with van der Waals surface area (Å²) in [6, 6.07) is 14.0. The van der Waals surface area contributed by atoms with Gasteiger partial charge in [0.05, 0.1) is 5.52 Å². The van der Waals surface area contributed by atoms with Crippen molar-refractivity contribution in [3.05, 3.63) is 84.2 Å². The zero-order valence-electron chi connectivity index (χ0n) is 22.9. The van der Waals surface area contributed by atoms with Crippen LogP contribution in [0.4, 0.5) is 4.39 Å². The van der Waals surface area contributed by atoms with Crippen LogP contribution >= 0.6 is 0 Å². The average molecular weight is 553 g/mol. The van der Waals surface area contributed by atoms with Crippen molar-refractivity contribution in [1.29, 1.82) is 0 Å². The molecule has 1 aliphatic carbocycles. The molecule has 1 saturated heterocycles. The van der Waals surface area contributed by atoms with Crippen LogP contribution in [-0.4, -0.2) is 59.3 Å². The maximum Gasteiger partial charge on any atom is 0.272 e. The molecule has 11 heteroatoms. The molecule has 1 saturated carbocycles. The second kappa shape index (κ2) is 9.20. The number of benzene rings is 1. The smallest absolute Gasteiger partial charge is 0.272 e. The van der Waals surface area contributed by atoms with E-state index in [1.807, 2.05) is 41.5 Å². The molecule has 1 aliphatic heterocycles. The molecule has 1 amide bonds. The number of carbonyl (C=O) groups excluding carboxylic acids is 1. The van der Waals surface area contributed by atoms with E-state index in [2.05, 4.69) is 15.1 Å². The highest BCUT2D eigenvalue weighted by molar-refractivity contribution is 5.94. The summed E-state index contributed by atoms with van der Waals surface area (Å²) < 4.78 is 24.2. The van der Waals surface area contributed by atoms with Crippen LogP contribution in [0.3, 0.4) is 0 Å². The summed E-state index contributed by atoms with van der Waals surface area (Å²) in [7, 11) is 1.75. The zero-order valence-corrected chi connectivity index (χ0v) is 22.9. The second-order valence-corrected chi connectivity index (χ2v) is 11.4. The standard InChI is InChI=1S/C30H29FN8O2/c1-30(2,32)17-12-25(39-11-8-18-21(31)6-4-7-23(18)39)35-26(13-17)41-27-19-15-38(16-20(19)27)29(40)24-14-22(36-37(24)3)28-33-9-5-10-34-28/h4-14,19-20,27H,15-16,32H2,1-3H3/t19-,20+,27+. The molecule has 5 aromatic rings. The fourth-order valence-electron chi connectivity index (χ4n) is 5.70. The van der Waals surface area contributed by atoms with Crippen molar-refractivity contribution in [2.24, 2.45) is 24.6 Å². The van der Waals surface area contributed by atoms with Gasteiger partial charge in [0.25, 0.3) is 5.91 Å². The molecule has 2 N–H and O–H groups in total. The lowest BCUT2D eigenvalue weighted by molar-refractivity contribution is 0.0740. The molecular formula is C30H29FN8O2. The van der Waals surface area contributed by atoms with Gasteiger partial charge in [-0.25, -0.2) is 14.4 Å². The molecule has 0 unspecified atom stereocenters. The predicted molar refractivity (Wildman–Crippen MR) is 150 cm³/mol. The summed E-state index contributed by atoms with van der Waals surface area (Å²) in [5.41, 5.74) is 8.45. The SMILES string of the molecule is Cn1nc(-c2ncccn2)cc1C(=O)N1C[C@@H]2[C@H](C1)[C@H]2Oc1cc(C(C)(C)N)cc(-n2ccc3c(F)cccc32)n1. The van der Waals surface area contributed by atoms with Crippen LogP contribution in [0.15, 0.2) is 67.1 Å². The Kier molecular flexibility index (Phi) is 5.69. The average Bonchev–Trinajstić information content (AvgIpc) is 3.40. The third-order valence-electron chi connectivity index (χ3n) is 8.01. The van der Waals surface area contributed by atoms with Gasteiger partial charge in [-0.2, -0.15) is 10.1 Å². The largest absolute Gasteiger partial charge is 0.474 e. The minimum Gasteiger partial charge on any atom is -0.474 e. The van der Waals surface area contributed by atoms with Gasteiger partial charge >= 0.3 is 0 Å². The number of rotatable bonds is 6. The number of carbonyl (C=O) groups is 1. The van der Waals surface area contributed by atoms with E-state index in [-0.39, 0.29) is 29.7 Å². The van der Waals surface area contributed by atoms with Gasteiger partial charge in [0, 0.05) is 73.6 Å². The number of nitrogens with two attached hydrogens (primary N) is 1. The van der Waals surface area contributed by atoms with Crippen molar-refractivity contribution in [3.8, 4) is 23.2 Å². The maximum absolute atomic E-state index is 14.4. The third-order valence-corrected chi connectivity index (χ3v) is 8.01. The minimum atomic E-state index is -0.639. The van der Waals surface area contributed by atoms with Crippen LogP contribution in [0, 0.1) is 17.7 Å². The molecule has 2 fully saturated rings. The number of hydrogen-bond donors (Lipinski definition) is 1. The van der Waals surface area contributed by atoms with Crippen molar-refractivity contribution < 1.29 is 13.9 Å². The van der Waals surface area contributed by atoms with E-state index in [9.17, 15) is 9.18 Å². The first kappa shape index (κ1) is 25.3. The summed E-state index contributed by atoms with van der Waals surface area (Å²) in [5, 5.41) is 4.95. The van der Waals surface area contributed by atoms with Crippen molar-refractivity contribution in [2.45, 2.75) is 25.5 Å². The van der Waals surface area contributed by atoms with E-state index in [1.54, 1.807) is 54.6 Å². The molecule has 0 radical (unpaired) electrons. The van der Waals surface area contributed by atoms with Crippen LogP contribution in [-0.2, 0) is 12.6 Å². The Hall–Kier alpha value is -4.64. The first-order valence-electron chi connectivity index (χ1n) is 13.5. The molecule has 7 rings (SSSR count). The highest BCUT2D eigenvalue weighted by Gasteiger charge is 2.59. The van der Waals surface area contributed by atoms with Crippen molar-refractivity contribution in [3.63, 3.8) is 0 Å². The van der Waals surface area contributed by atoms with E-state index in [4.69, 9.17) is 15.5 Å². The quantitative estimate of drug-likeness (QED) is 0.341. The van der Waals surface area contributed by atoms with Crippen LogP contribution in [0.2, 0.25) is 0 Å². The Morgan fingerprint density at radius 3 is 2.56 bits per heavy atom. The van der Waals surface area contributed by atoms with Crippen molar-refractivity contribution in [1.82, 2.24) is 34.2 Å². The van der Waals surface area contributed by atoms with Crippen LogP contribution < -0.4 is 10.5 Å². The number of piperidine rings is 1. The lowest BCUT2D eigenvalue weighted by Crippen LogP contribution is -2.34. The van der Waals surface area contributed by atoms with Gasteiger partial charge in [0.1, 0.15) is 29.1 Å². The Labute approximate surface area is 235 Å². The fourth-order valence-corrected chi connectivity index (χ4v) is 5.70. The minimum absolute atomic E-state index is 0.0470. The van der Waals surface area contributed by atoms with Crippen molar-refractivity contribution in [2.75, 3.05) is 13.1 Å². The Morgan fingerprint density at radius 1 is 1.07 bits per heavy atom. The number of amides is 1. The van der Waals surface area contributed by atoms with Crippen LogP contribution in [0.1, 0.15) is 29.9 Å². The normalized spacial score (nSPS) is 19.9. The van der Waals surface area contributed by atoms with Crippen LogP contribution in [0.5, 0.6) is 5.88 Å². The van der Waals surface area contributed by atoms with Gasteiger partial charge in [-0.15, -0.1) is 0 Å². The Morgan fingerprint density at radius 2 is 1.83 bits per heavy atom. The highest BCUT2D eigenvalue weighted by Crippen LogP contribution is 2.48. The van der Waals surface area contributed by atoms with E-state index in [0.717, 1.165) is 5.56 Å². The van der Waals surface area contributed by atoms with Crippen LogP contribution in [0.25, 0.3) is 28.2 Å². The zero-order chi connectivity index (χ0) is 28.5. The second-order valence-electron chi connectivity index (χ2n) is 11.4. The molecule has 1 aromatic carbocycles. The number of fused-ring (bicyclic) bond motifs is 2. The van der Waals surface area contributed by atoms with Gasteiger partial charge in [0.2, 0.25) is 5.88 Å². The number of pyridine rings is 1. The number of nitrogens with zero attached hydrogens (tertiary/aromatic N) is 7. The molecule has 2 aliphatic rings. The lowest BCUT2D eigenvalue weighted by Gasteiger charge is -2.22. The van der Waals surface area contributed by atoms with E-state index in [0.29, 0.717) is 52.9 Å². The lowest BCUT2D eigenvalue weighted by atomic mass is 9.96. The monoisotopic (exact) mass is 552 g/mol. The summed E-state index contributed by atoms with van der Waals surface area (Å²) in [5.74, 6) is 1.61. The predicted octanol–water partition coefficient (Wildman–Crippen LogP) is 3.70. The number of likely N-dealkylation sites (tertiary alicyclic amines) is 1. The molecule has 3 atom stereocenters. The highest BCUT2D eigenvalue weighted by atomic mass is 19.1. The Balaban J connectivity index is 1.09. The molecule has 10 nitrogen and oxygen atoms in total. The topological polar surface area (TPSA) is 117 Å². The van der Waals surface area contributed by atoms with Gasteiger partial charge < -0.3 is 19.9 Å². The first-order chi connectivity index (χ1) is 19.7. The Bertz CT molecular complexity index is 1780. The van der Waals surface area contributed by atoms with E-state index < -0.39 is 5.54 Å². The molecule has 208 valence electrons. The number of ether oxygens (including phenoxy) is 1. The summed E-state index contributed by atoms with van der Waals surface area (Å²) in [6.45, 7) is 5.03. The van der Waals surface area contributed by atoms with Gasteiger partial charge in [-0.3, -0.25) is 9.48 Å². The van der Waals surface area contributed by atoms with E-state index >= 15 is 0 Å². The first-order valence-corrected chi connectivity index (χ1v) is 13.5. The molecule has 4 aromatic heterocycles. The summed E-state index contributed by atoms with van der Waals surface area (Å²) >= 11 is 0. The van der Waals surface area contributed by atoms with Gasteiger partial charge in [-0.05, 0) is 49.7 Å². The van der Waals surface area contributed by atoms with Crippen molar-refractivity contribution >= 4 is 16.8 Å². The summed E-state index contributed by atoms with van der Waals surface area (Å²) in [4.78, 5) is 28.4. The van der Waals surface area contributed by atoms with E-state index in [1.165, 1.54) is 6.07 Å². The molecule has 0 spiro atoms. The number of aryl methyl sites for hydroxylation is 1. The maximum atomic E-state index is 14.4. The summed E-state index contributed by atoms with van der Waals surface area (Å²) in [6.07, 6.45) is 5.05. The number of aromatic nitrogens is 6. The number of halogens is 1. The molecule has 41 heavy (non-hydrogen) atoms. The third kappa shape index (κ3) is 4.42. The molecule has 0 bridgehead atoms. The molecular weight excluding hydrogens is 523 g/mol.